The molecule has 52 heavy (non-hydrogen) atoms. The number of esters is 2. The minimum atomic E-state index is -0.698. The van der Waals surface area contributed by atoms with E-state index in [2.05, 4.69) is 38.1 Å². The number of hydrogen-bond donors (Lipinski definition) is 0. The number of carbonyl (C=O) groups excluding carboxylic acids is 2. The SMILES string of the molecule is CCCCCCCC1CCC(c2ccc(C(=O)OCC(OC(=O)c3ccc(C4CCC(CCCCCCC)CC4)cc3)c3ccccc3)cc2)CC1. The molecular formula is C48H66O4. The van der Waals surface area contributed by atoms with Crippen molar-refractivity contribution in [3.63, 3.8) is 0 Å². The standard InChI is InChI=1S/C48H66O4/c1-3-5-7-9-12-16-37-20-24-39(25-21-37)41-28-32-44(33-29-41)47(49)51-36-46(43-18-14-11-15-19-43)52-48(50)45-34-30-42(31-35-45)40-26-22-38(23-27-40)17-13-10-8-6-4-2/h11,14-15,18-19,28-35,37-40,46H,3-10,12-13,16-17,20-27,36H2,1-2H3. The van der Waals surface area contributed by atoms with Crippen molar-refractivity contribution in [1.29, 1.82) is 0 Å². The Morgan fingerprint density at radius 1 is 0.538 bits per heavy atom. The molecule has 3 aromatic carbocycles. The Hall–Kier alpha value is -3.40. The molecule has 2 fully saturated rings. The van der Waals surface area contributed by atoms with Crippen LogP contribution in [0.25, 0.3) is 0 Å². The van der Waals surface area contributed by atoms with Crippen molar-refractivity contribution in [2.24, 2.45) is 11.8 Å². The molecule has 0 spiro atoms. The molecule has 282 valence electrons. The highest BCUT2D eigenvalue weighted by molar-refractivity contribution is 5.90. The van der Waals surface area contributed by atoms with Crippen LogP contribution in [-0.2, 0) is 9.47 Å². The van der Waals surface area contributed by atoms with E-state index in [4.69, 9.17) is 9.47 Å². The quantitative estimate of drug-likeness (QED) is 0.0867. The minimum absolute atomic E-state index is 0.0429. The highest BCUT2D eigenvalue weighted by atomic mass is 16.6. The first-order valence-electron chi connectivity index (χ1n) is 21.2. The predicted octanol–water partition coefficient (Wildman–Crippen LogP) is 13.7. The fraction of sp³-hybridized carbons (Fsp3) is 0.583. The normalized spacial score (nSPS) is 21.0. The Morgan fingerprint density at radius 2 is 0.981 bits per heavy atom. The zero-order valence-corrected chi connectivity index (χ0v) is 32.4. The zero-order chi connectivity index (χ0) is 36.4. The van der Waals surface area contributed by atoms with Gasteiger partial charge in [-0.3, -0.25) is 0 Å². The molecule has 5 rings (SSSR count). The van der Waals surface area contributed by atoms with E-state index in [0.29, 0.717) is 23.0 Å². The van der Waals surface area contributed by atoms with Gasteiger partial charge in [0.05, 0.1) is 11.1 Å². The topological polar surface area (TPSA) is 52.6 Å². The summed E-state index contributed by atoms with van der Waals surface area (Å²) in [5.74, 6) is 2.09. The Balaban J connectivity index is 1.08. The lowest BCUT2D eigenvalue weighted by Gasteiger charge is -2.29. The lowest BCUT2D eigenvalue weighted by Crippen LogP contribution is -2.19. The number of benzene rings is 3. The fourth-order valence-corrected chi connectivity index (χ4v) is 8.72. The second kappa shape index (κ2) is 22.0. The molecule has 3 aromatic rings. The van der Waals surface area contributed by atoms with Gasteiger partial charge in [0.25, 0.3) is 0 Å². The van der Waals surface area contributed by atoms with Crippen molar-refractivity contribution >= 4 is 11.9 Å². The average Bonchev–Trinajstić information content (AvgIpc) is 3.20. The Bertz CT molecular complexity index is 1430. The van der Waals surface area contributed by atoms with E-state index >= 15 is 0 Å². The molecule has 4 nitrogen and oxygen atoms in total. The van der Waals surface area contributed by atoms with Gasteiger partial charge in [0.15, 0.2) is 6.10 Å². The van der Waals surface area contributed by atoms with E-state index in [1.165, 1.54) is 140 Å². The van der Waals surface area contributed by atoms with Crippen LogP contribution in [0.4, 0.5) is 0 Å². The van der Waals surface area contributed by atoms with E-state index in [1.54, 1.807) is 0 Å². The van der Waals surface area contributed by atoms with Crippen molar-refractivity contribution in [2.45, 2.75) is 160 Å². The smallest absolute Gasteiger partial charge is 0.338 e. The summed E-state index contributed by atoms with van der Waals surface area (Å²) >= 11 is 0. The van der Waals surface area contributed by atoms with E-state index in [9.17, 15) is 9.59 Å². The van der Waals surface area contributed by atoms with Crippen LogP contribution >= 0.6 is 0 Å². The summed E-state index contributed by atoms with van der Waals surface area (Å²) in [6.45, 7) is 4.51. The molecular weight excluding hydrogens is 641 g/mol. The molecule has 2 aliphatic carbocycles. The van der Waals surface area contributed by atoms with Crippen LogP contribution in [0.15, 0.2) is 78.9 Å². The zero-order valence-electron chi connectivity index (χ0n) is 32.4. The number of carbonyl (C=O) groups is 2. The maximum absolute atomic E-state index is 13.4. The predicted molar refractivity (Wildman–Crippen MR) is 214 cm³/mol. The summed E-state index contributed by atoms with van der Waals surface area (Å²) in [5, 5.41) is 0. The van der Waals surface area contributed by atoms with E-state index < -0.39 is 18.0 Å². The van der Waals surface area contributed by atoms with Crippen molar-refractivity contribution in [3.05, 3.63) is 107 Å². The van der Waals surface area contributed by atoms with Crippen molar-refractivity contribution in [2.75, 3.05) is 6.61 Å². The Labute approximate surface area is 315 Å². The maximum Gasteiger partial charge on any atom is 0.338 e. The third-order valence-corrected chi connectivity index (χ3v) is 12.1. The number of unbranched alkanes of at least 4 members (excludes halogenated alkanes) is 8. The van der Waals surface area contributed by atoms with Crippen LogP contribution in [0.2, 0.25) is 0 Å². The summed E-state index contributed by atoms with van der Waals surface area (Å²) < 4.78 is 11.8. The third-order valence-electron chi connectivity index (χ3n) is 12.1. The van der Waals surface area contributed by atoms with Gasteiger partial charge >= 0.3 is 11.9 Å². The van der Waals surface area contributed by atoms with Crippen LogP contribution in [0, 0.1) is 11.8 Å². The highest BCUT2D eigenvalue weighted by Crippen LogP contribution is 2.39. The summed E-state index contributed by atoms with van der Waals surface area (Å²) in [6, 6.07) is 25.6. The van der Waals surface area contributed by atoms with E-state index in [1.807, 2.05) is 54.6 Å². The Morgan fingerprint density at radius 3 is 1.44 bits per heavy atom. The molecule has 0 bridgehead atoms. The van der Waals surface area contributed by atoms with Crippen LogP contribution in [-0.4, -0.2) is 18.5 Å². The summed E-state index contributed by atoms with van der Waals surface area (Å²) in [7, 11) is 0. The first-order valence-corrected chi connectivity index (χ1v) is 21.2. The first-order chi connectivity index (χ1) is 25.5. The van der Waals surface area contributed by atoms with Crippen molar-refractivity contribution in [1.82, 2.24) is 0 Å². The molecule has 0 amide bonds. The largest absolute Gasteiger partial charge is 0.458 e. The van der Waals surface area contributed by atoms with E-state index in [-0.39, 0.29) is 6.61 Å². The minimum Gasteiger partial charge on any atom is -0.458 e. The summed E-state index contributed by atoms with van der Waals surface area (Å²) in [4.78, 5) is 26.5. The second-order valence-corrected chi connectivity index (χ2v) is 16.0. The van der Waals surface area contributed by atoms with Gasteiger partial charge in [0.1, 0.15) is 6.61 Å². The van der Waals surface area contributed by atoms with Gasteiger partial charge in [-0.05, 0) is 116 Å². The lowest BCUT2D eigenvalue weighted by atomic mass is 9.77. The van der Waals surface area contributed by atoms with Crippen LogP contribution < -0.4 is 0 Å². The molecule has 0 aliphatic heterocycles. The van der Waals surface area contributed by atoms with Crippen LogP contribution in [0.1, 0.15) is 198 Å². The van der Waals surface area contributed by atoms with Crippen molar-refractivity contribution in [3.8, 4) is 0 Å². The maximum atomic E-state index is 13.4. The van der Waals surface area contributed by atoms with E-state index in [0.717, 1.165) is 17.4 Å². The molecule has 0 aromatic heterocycles. The molecule has 0 heterocycles. The number of rotatable bonds is 20. The molecule has 1 unspecified atom stereocenters. The Kier molecular flexibility index (Phi) is 16.8. The summed E-state index contributed by atoms with van der Waals surface area (Å²) in [6.07, 6.45) is 25.9. The third kappa shape index (κ3) is 12.6. The monoisotopic (exact) mass is 706 g/mol. The van der Waals surface area contributed by atoms with Crippen molar-refractivity contribution < 1.29 is 19.1 Å². The molecule has 1 atom stereocenters. The van der Waals surface area contributed by atoms with Gasteiger partial charge in [-0.25, -0.2) is 9.59 Å². The van der Waals surface area contributed by atoms with Gasteiger partial charge in [-0.2, -0.15) is 0 Å². The highest BCUT2D eigenvalue weighted by Gasteiger charge is 2.25. The van der Waals surface area contributed by atoms with Gasteiger partial charge < -0.3 is 9.47 Å². The van der Waals surface area contributed by atoms with Crippen LogP contribution in [0.3, 0.4) is 0 Å². The van der Waals surface area contributed by atoms with Gasteiger partial charge in [-0.15, -0.1) is 0 Å². The summed E-state index contributed by atoms with van der Waals surface area (Å²) in [5.41, 5.74) is 4.49. The van der Waals surface area contributed by atoms with Crippen LogP contribution in [0.5, 0.6) is 0 Å². The number of hydrogen-bond acceptors (Lipinski definition) is 4. The van der Waals surface area contributed by atoms with Gasteiger partial charge in [-0.1, -0.05) is 145 Å². The molecule has 0 radical (unpaired) electrons. The lowest BCUT2D eigenvalue weighted by molar-refractivity contribution is -0.00134. The fourth-order valence-electron chi connectivity index (χ4n) is 8.72. The van der Waals surface area contributed by atoms with Gasteiger partial charge in [0, 0.05) is 0 Å². The second-order valence-electron chi connectivity index (χ2n) is 16.0. The molecule has 2 aliphatic rings. The molecule has 0 N–H and O–H groups in total. The number of ether oxygens (including phenoxy) is 2. The molecule has 0 saturated heterocycles. The van der Waals surface area contributed by atoms with Gasteiger partial charge in [0.2, 0.25) is 0 Å². The average molecular weight is 707 g/mol. The first kappa shape index (κ1) is 39.8. The molecule has 2 saturated carbocycles. The molecule has 4 heteroatoms.